The third-order valence-electron chi connectivity index (χ3n) is 6.57. The third kappa shape index (κ3) is 5.90. The van der Waals surface area contributed by atoms with Gasteiger partial charge in [-0.05, 0) is 61.1 Å². The van der Waals surface area contributed by atoms with Crippen LogP contribution in [-0.4, -0.2) is 56.1 Å². The number of morpholine rings is 1. The predicted molar refractivity (Wildman–Crippen MR) is 127 cm³/mol. The molecular formula is C26H32FN3O3. The number of piperidine rings is 1. The first-order valence-electron chi connectivity index (χ1n) is 11.8. The summed E-state index contributed by atoms with van der Waals surface area (Å²) >= 11 is 0. The van der Waals surface area contributed by atoms with E-state index in [4.69, 9.17) is 4.74 Å². The SMILES string of the molecule is CCc1ccc(C(=O)N2CCC(CC(=O)Nc3ccc(N4CCOCC4)c(F)c3)CC2)cc1. The molecule has 0 unspecified atom stereocenters. The van der Waals surface area contributed by atoms with Crippen molar-refractivity contribution in [3.8, 4) is 0 Å². The van der Waals surface area contributed by atoms with E-state index in [0.717, 1.165) is 19.3 Å². The second kappa shape index (κ2) is 10.8. The maximum atomic E-state index is 14.6. The number of rotatable bonds is 6. The van der Waals surface area contributed by atoms with E-state index in [1.54, 1.807) is 12.1 Å². The smallest absolute Gasteiger partial charge is 0.253 e. The highest BCUT2D eigenvalue weighted by Crippen LogP contribution is 2.26. The summed E-state index contributed by atoms with van der Waals surface area (Å²) in [6.45, 7) is 5.89. The van der Waals surface area contributed by atoms with Gasteiger partial charge in [0, 0.05) is 43.9 Å². The molecule has 0 bridgehead atoms. The number of amides is 2. The average molecular weight is 454 g/mol. The minimum absolute atomic E-state index is 0.0522. The highest BCUT2D eigenvalue weighted by molar-refractivity contribution is 5.94. The Labute approximate surface area is 194 Å². The summed E-state index contributed by atoms with van der Waals surface area (Å²) in [5.41, 5.74) is 2.94. The lowest BCUT2D eigenvalue weighted by molar-refractivity contribution is -0.117. The molecule has 0 aliphatic carbocycles. The number of carbonyl (C=O) groups is 2. The van der Waals surface area contributed by atoms with E-state index in [2.05, 4.69) is 12.2 Å². The lowest BCUT2D eigenvalue weighted by Crippen LogP contribution is -2.39. The van der Waals surface area contributed by atoms with Crippen LogP contribution >= 0.6 is 0 Å². The summed E-state index contributed by atoms with van der Waals surface area (Å²) in [6.07, 6.45) is 2.90. The molecule has 0 atom stereocenters. The number of carbonyl (C=O) groups excluding carboxylic acids is 2. The molecular weight excluding hydrogens is 421 g/mol. The van der Waals surface area contributed by atoms with Crippen LogP contribution in [0.2, 0.25) is 0 Å². The van der Waals surface area contributed by atoms with Gasteiger partial charge in [0.05, 0.1) is 18.9 Å². The van der Waals surface area contributed by atoms with Crippen LogP contribution in [0.25, 0.3) is 0 Å². The zero-order valence-electron chi connectivity index (χ0n) is 19.2. The van der Waals surface area contributed by atoms with E-state index in [9.17, 15) is 14.0 Å². The van der Waals surface area contributed by atoms with Crippen molar-refractivity contribution >= 4 is 23.2 Å². The Kier molecular flexibility index (Phi) is 7.60. The van der Waals surface area contributed by atoms with Crippen molar-refractivity contribution in [1.82, 2.24) is 4.90 Å². The van der Waals surface area contributed by atoms with Gasteiger partial charge in [0.2, 0.25) is 5.91 Å². The van der Waals surface area contributed by atoms with Crippen molar-refractivity contribution in [2.24, 2.45) is 5.92 Å². The minimum atomic E-state index is -0.339. The Morgan fingerprint density at radius 1 is 1.03 bits per heavy atom. The molecule has 2 saturated heterocycles. The van der Waals surface area contributed by atoms with Crippen molar-refractivity contribution in [3.63, 3.8) is 0 Å². The topological polar surface area (TPSA) is 61.9 Å². The molecule has 2 aromatic rings. The van der Waals surface area contributed by atoms with Gasteiger partial charge in [0.15, 0.2) is 0 Å². The van der Waals surface area contributed by atoms with Crippen molar-refractivity contribution in [2.75, 3.05) is 49.6 Å². The van der Waals surface area contributed by atoms with Crippen molar-refractivity contribution < 1.29 is 18.7 Å². The zero-order valence-corrected chi connectivity index (χ0v) is 19.2. The zero-order chi connectivity index (χ0) is 23.2. The quantitative estimate of drug-likeness (QED) is 0.715. The first-order valence-corrected chi connectivity index (χ1v) is 11.8. The number of nitrogens with one attached hydrogen (secondary N) is 1. The summed E-state index contributed by atoms with van der Waals surface area (Å²) in [4.78, 5) is 29.1. The molecule has 0 saturated carbocycles. The molecule has 7 heteroatoms. The standard InChI is InChI=1S/C26H32FN3O3/c1-2-19-3-5-21(6-4-19)26(32)30-11-9-20(10-12-30)17-25(31)28-22-7-8-24(23(27)18-22)29-13-15-33-16-14-29/h3-8,18,20H,2,9-17H2,1H3,(H,28,31). The highest BCUT2D eigenvalue weighted by Gasteiger charge is 2.25. The van der Waals surface area contributed by atoms with Crippen LogP contribution < -0.4 is 10.2 Å². The Balaban J connectivity index is 1.25. The largest absolute Gasteiger partial charge is 0.378 e. The molecule has 2 aliphatic rings. The van der Waals surface area contributed by atoms with E-state index < -0.39 is 0 Å². The van der Waals surface area contributed by atoms with Gasteiger partial charge >= 0.3 is 0 Å². The van der Waals surface area contributed by atoms with Crippen LogP contribution in [0.5, 0.6) is 0 Å². The maximum Gasteiger partial charge on any atom is 0.253 e. The Morgan fingerprint density at radius 2 is 1.73 bits per heavy atom. The number of hydrogen-bond donors (Lipinski definition) is 1. The summed E-state index contributed by atoms with van der Waals surface area (Å²) in [5, 5.41) is 2.83. The summed E-state index contributed by atoms with van der Waals surface area (Å²) in [6, 6.07) is 12.6. The number of anilines is 2. The van der Waals surface area contributed by atoms with Gasteiger partial charge in [-0.2, -0.15) is 0 Å². The normalized spacial score (nSPS) is 17.2. The van der Waals surface area contributed by atoms with Gasteiger partial charge in [-0.25, -0.2) is 4.39 Å². The Morgan fingerprint density at radius 3 is 2.36 bits per heavy atom. The van der Waals surface area contributed by atoms with Crippen molar-refractivity contribution in [3.05, 3.63) is 59.4 Å². The Hall–Kier alpha value is -2.93. The summed E-state index contributed by atoms with van der Waals surface area (Å²) in [5.74, 6) is -0.188. The summed E-state index contributed by atoms with van der Waals surface area (Å²) in [7, 11) is 0. The molecule has 0 aromatic heterocycles. The third-order valence-corrected chi connectivity index (χ3v) is 6.57. The number of likely N-dealkylation sites (tertiary alicyclic amines) is 1. The monoisotopic (exact) mass is 453 g/mol. The number of halogens is 1. The molecule has 1 N–H and O–H groups in total. The number of aryl methyl sites for hydroxylation is 1. The van der Waals surface area contributed by atoms with Gasteiger partial charge in [0.25, 0.3) is 5.91 Å². The molecule has 4 rings (SSSR count). The number of ether oxygens (including phenoxy) is 1. The van der Waals surface area contributed by atoms with Gasteiger partial charge in [-0.3, -0.25) is 9.59 Å². The second-order valence-corrected chi connectivity index (χ2v) is 8.80. The van der Waals surface area contributed by atoms with Crippen LogP contribution in [0.4, 0.5) is 15.8 Å². The van der Waals surface area contributed by atoms with Crippen LogP contribution in [0, 0.1) is 11.7 Å². The fraction of sp³-hybridized carbons (Fsp3) is 0.462. The molecule has 2 aromatic carbocycles. The molecule has 0 radical (unpaired) electrons. The average Bonchev–Trinajstić information content (AvgIpc) is 2.85. The predicted octanol–water partition coefficient (Wildman–Crippen LogP) is 4.11. The van der Waals surface area contributed by atoms with E-state index >= 15 is 0 Å². The molecule has 33 heavy (non-hydrogen) atoms. The van der Waals surface area contributed by atoms with E-state index in [-0.39, 0.29) is 23.5 Å². The van der Waals surface area contributed by atoms with E-state index in [0.29, 0.717) is 62.8 Å². The van der Waals surface area contributed by atoms with Gasteiger partial charge in [-0.15, -0.1) is 0 Å². The van der Waals surface area contributed by atoms with Gasteiger partial charge in [0.1, 0.15) is 5.82 Å². The number of hydrogen-bond acceptors (Lipinski definition) is 4. The molecule has 2 heterocycles. The van der Waals surface area contributed by atoms with E-state index in [1.807, 2.05) is 34.1 Å². The van der Waals surface area contributed by atoms with Crippen LogP contribution in [0.3, 0.4) is 0 Å². The minimum Gasteiger partial charge on any atom is -0.378 e. The first-order chi connectivity index (χ1) is 16.0. The lowest BCUT2D eigenvalue weighted by atomic mass is 9.92. The van der Waals surface area contributed by atoms with Gasteiger partial charge in [-0.1, -0.05) is 19.1 Å². The molecule has 2 aliphatic heterocycles. The highest BCUT2D eigenvalue weighted by atomic mass is 19.1. The summed E-state index contributed by atoms with van der Waals surface area (Å²) < 4.78 is 19.9. The molecule has 2 fully saturated rings. The van der Waals surface area contributed by atoms with Crippen LogP contribution in [0.1, 0.15) is 42.1 Å². The molecule has 0 spiro atoms. The van der Waals surface area contributed by atoms with Crippen LogP contribution in [-0.2, 0) is 16.0 Å². The van der Waals surface area contributed by atoms with Crippen molar-refractivity contribution in [1.29, 1.82) is 0 Å². The fourth-order valence-corrected chi connectivity index (χ4v) is 4.53. The maximum absolute atomic E-state index is 14.6. The van der Waals surface area contributed by atoms with Crippen LogP contribution in [0.15, 0.2) is 42.5 Å². The number of benzene rings is 2. The molecule has 6 nitrogen and oxygen atoms in total. The molecule has 176 valence electrons. The van der Waals surface area contributed by atoms with E-state index in [1.165, 1.54) is 11.6 Å². The van der Waals surface area contributed by atoms with Gasteiger partial charge < -0.3 is 19.9 Å². The number of nitrogens with zero attached hydrogens (tertiary/aromatic N) is 2. The molecule has 2 amide bonds. The fourth-order valence-electron chi connectivity index (χ4n) is 4.53. The second-order valence-electron chi connectivity index (χ2n) is 8.80. The first kappa shape index (κ1) is 23.2. The Bertz CT molecular complexity index is 965. The lowest BCUT2D eigenvalue weighted by Gasteiger charge is -2.32. The van der Waals surface area contributed by atoms with Crippen molar-refractivity contribution in [2.45, 2.75) is 32.6 Å².